The lowest BCUT2D eigenvalue weighted by molar-refractivity contribution is 1.56. The summed E-state index contributed by atoms with van der Waals surface area (Å²) < 4.78 is 0. The molecule has 0 aromatic heterocycles. The second-order valence-electron chi connectivity index (χ2n) is 8.40. The second-order valence-corrected chi connectivity index (χ2v) is 8.40. The van der Waals surface area contributed by atoms with Crippen LogP contribution in [-0.4, -0.2) is 0 Å². The first kappa shape index (κ1) is 24.1. The summed E-state index contributed by atoms with van der Waals surface area (Å²) >= 11 is 0. The van der Waals surface area contributed by atoms with Gasteiger partial charge in [-0.2, -0.15) is 0 Å². The zero-order valence-corrected chi connectivity index (χ0v) is 20.7. The van der Waals surface area contributed by atoms with Gasteiger partial charge in [0, 0.05) is 44.5 Å². The lowest BCUT2D eigenvalue weighted by atomic mass is 10.1. The Morgan fingerprint density at radius 3 is 0.737 bits per heavy atom. The van der Waals surface area contributed by atoms with E-state index in [0.29, 0.717) is 0 Å². The molecule has 0 atom stereocenters. The van der Waals surface area contributed by atoms with Crippen LogP contribution in [0.5, 0.6) is 0 Å². The molecule has 0 saturated carbocycles. The summed E-state index contributed by atoms with van der Waals surface area (Å²) in [5.74, 6) is 26.0. The molecule has 0 amide bonds. The van der Waals surface area contributed by atoms with Crippen LogP contribution in [0.15, 0.2) is 133 Å². The summed E-state index contributed by atoms with van der Waals surface area (Å²) in [5.41, 5.74) is 7.48. The van der Waals surface area contributed by atoms with Crippen LogP contribution in [0.4, 0.5) is 0 Å². The minimum absolute atomic E-state index is 0.910. The molecule has 174 valence electrons. The predicted octanol–water partition coefficient (Wildman–Crippen LogP) is 7.29. The lowest BCUT2D eigenvalue weighted by Crippen LogP contribution is -1.84. The molecule has 0 radical (unpaired) electrons. The maximum atomic E-state index is 3.27. The van der Waals surface area contributed by atoms with Gasteiger partial charge >= 0.3 is 0 Å². The molecule has 38 heavy (non-hydrogen) atoms. The first-order valence-electron chi connectivity index (χ1n) is 12.3. The fourth-order valence-electron chi connectivity index (χ4n) is 3.64. The highest BCUT2D eigenvalue weighted by atomic mass is 14.0. The summed E-state index contributed by atoms with van der Waals surface area (Å²) in [6.07, 6.45) is 0. The summed E-state index contributed by atoms with van der Waals surface area (Å²) in [6, 6.07) is 43.9. The molecule has 0 aliphatic rings. The Balaban J connectivity index is 1.32. The van der Waals surface area contributed by atoms with Gasteiger partial charge in [-0.1, -0.05) is 108 Å². The summed E-state index contributed by atoms with van der Waals surface area (Å²) in [4.78, 5) is 0. The van der Waals surface area contributed by atoms with Gasteiger partial charge in [-0.3, -0.25) is 0 Å². The maximum absolute atomic E-state index is 3.27. The highest BCUT2D eigenvalue weighted by Crippen LogP contribution is 2.10. The SMILES string of the molecule is C(#Cc1ccccc1C#Cc1ccc(C#Cc2ccccc2C#Cc2ccccc2)cc1)c1ccccc1. The molecule has 0 fully saturated rings. The molecule has 5 aromatic carbocycles. The second kappa shape index (κ2) is 12.3. The van der Waals surface area contributed by atoms with Crippen molar-refractivity contribution in [1.29, 1.82) is 0 Å². The van der Waals surface area contributed by atoms with Crippen molar-refractivity contribution in [3.63, 3.8) is 0 Å². The van der Waals surface area contributed by atoms with Crippen molar-refractivity contribution in [1.82, 2.24) is 0 Å². The highest BCUT2D eigenvalue weighted by Gasteiger charge is 1.97. The van der Waals surface area contributed by atoms with Crippen LogP contribution in [0.2, 0.25) is 0 Å². The van der Waals surface area contributed by atoms with Gasteiger partial charge in [-0.15, -0.1) is 0 Å². The fourth-order valence-corrected chi connectivity index (χ4v) is 3.64. The molecule has 0 unspecified atom stereocenters. The van der Waals surface area contributed by atoms with Crippen LogP contribution in [0.3, 0.4) is 0 Å². The van der Waals surface area contributed by atoms with Crippen molar-refractivity contribution in [2.24, 2.45) is 0 Å². The van der Waals surface area contributed by atoms with E-state index in [-0.39, 0.29) is 0 Å². The average molecular weight is 479 g/mol. The molecule has 0 aliphatic heterocycles. The average Bonchev–Trinajstić information content (AvgIpc) is 2.99. The van der Waals surface area contributed by atoms with Gasteiger partial charge in [-0.25, -0.2) is 0 Å². The van der Waals surface area contributed by atoms with E-state index in [1.165, 1.54) is 0 Å². The zero-order valence-electron chi connectivity index (χ0n) is 20.7. The van der Waals surface area contributed by atoms with Crippen LogP contribution in [0.1, 0.15) is 44.5 Å². The lowest BCUT2D eigenvalue weighted by Gasteiger charge is -1.97. The normalized spacial score (nSPS) is 9.26. The van der Waals surface area contributed by atoms with Gasteiger partial charge in [0.15, 0.2) is 0 Å². The molecule has 0 aliphatic carbocycles. The van der Waals surface area contributed by atoms with Crippen molar-refractivity contribution >= 4 is 0 Å². The van der Waals surface area contributed by atoms with Crippen molar-refractivity contribution in [2.75, 3.05) is 0 Å². The molecule has 0 nitrogen and oxygen atoms in total. The van der Waals surface area contributed by atoms with E-state index >= 15 is 0 Å². The van der Waals surface area contributed by atoms with E-state index in [2.05, 4.69) is 47.4 Å². The van der Waals surface area contributed by atoms with E-state index in [4.69, 9.17) is 0 Å². The van der Waals surface area contributed by atoms with Gasteiger partial charge < -0.3 is 0 Å². The fraction of sp³-hybridized carbons (Fsp3) is 0. The molecule has 5 rings (SSSR count). The summed E-state index contributed by atoms with van der Waals surface area (Å²) in [5, 5.41) is 0. The Hall–Kier alpha value is -5.66. The smallest absolute Gasteiger partial charge is 0.0405 e. The molecular formula is C38H22. The van der Waals surface area contributed by atoms with Gasteiger partial charge in [0.25, 0.3) is 0 Å². The van der Waals surface area contributed by atoms with Gasteiger partial charge in [0.05, 0.1) is 0 Å². The van der Waals surface area contributed by atoms with E-state index in [9.17, 15) is 0 Å². The third-order valence-corrected chi connectivity index (χ3v) is 5.65. The standard InChI is InChI=1S/C38H22/c1-3-11-31(12-4-1)23-27-35-15-7-9-17-37(35)29-25-33-19-21-34(22-20-33)26-30-38-18-10-8-16-36(38)28-24-32-13-5-2-6-14-32/h1-22H. The van der Waals surface area contributed by atoms with Gasteiger partial charge in [0.1, 0.15) is 0 Å². The Bertz CT molecular complexity index is 1660. The van der Waals surface area contributed by atoms with E-state index in [0.717, 1.165) is 44.5 Å². The third-order valence-electron chi connectivity index (χ3n) is 5.65. The molecule has 5 aromatic rings. The first-order valence-corrected chi connectivity index (χ1v) is 12.3. The highest BCUT2D eigenvalue weighted by molar-refractivity contribution is 5.56. The van der Waals surface area contributed by atoms with E-state index in [1.54, 1.807) is 0 Å². The number of hydrogen-bond acceptors (Lipinski definition) is 0. The number of hydrogen-bond donors (Lipinski definition) is 0. The number of benzene rings is 5. The van der Waals surface area contributed by atoms with Crippen LogP contribution in [0.25, 0.3) is 0 Å². The van der Waals surface area contributed by atoms with Gasteiger partial charge in [-0.05, 0) is 72.8 Å². The van der Waals surface area contributed by atoms with Crippen molar-refractivity contribution in [3.05, 3.63) is 178 Å². The summed E-state index contributed by atoms with van der Waals surface area (Å²) in [6.45, 7) is 0. The Kier molecular flexibility index (Phi) is 7.81. The summed E-state index contributed by atoms with van der Waals surface area (Å²) in [7, 11) is 0. The molecular weight excluding hydrogens is 456 g/mol. The predicted molar refractivity (Wildman–Crippen MR) is 156 cm³/mol. The topological polar surface area (TPSA) is 0 Å². The minimum atomic E-state index is 0.910. The molecule has 0 spiro atoms. The maximum Gasteiger partial charge on any atom is 0.0405 e. The molecule has 0 N–H and O–H groups in total. The van der Waals surface area contributed by atoms with Crippen molar-refractivity contribution in [3.8, 4) is 47.4 Å². The monoisotopic (exact) mass is 478 g/mol. The number of rotatable bonds is 0. The quantitative estimate of drug-likeness (QED) is 0.205. The largest absolute Gasteiger partial charge is 0.0622 e. The molecule has 0 heteroatoms. The molecule has 0 heterocycles. The Morgan fingerprint density at radius 1 is 0.211 bits per heavy atom. The van der Waals surface area contributed by atoms with Crippen molar-refractivity contribution in [2.45, 2.75) is 0 Å². The minimum Gasteiger partial charge on any atom is -0.0622 e. The van der Waals surface area contributed by atoms with Crippen LogP contribution in [-0.2, 0) is 0 Å². The van der Waals surface area contributed by atoms with E-state index in [1.807, 2.05) is 133 Å². The molecule has 0 bridgehead atoms. The van der Waals surface area contributed by atoms with Crippen LogP contribution >= 0.6 is 0 Å². The van der Waals surface area contributed by atoms with Crippen LogP contribution < -0.4 is 0 Å². The van der Waals surface area contributed by atoms with Crippen molar-refractivity contribution < 1.29 is 0 Å². The van der Waals surface area contributed by atoms with Gasteiger partial charge in [0.2, 0.25) is 0 Å². The Morgan fingerprint density at radius 2 is 0.447 bits per heavy atom. The zero-order chi connectivity index (χ0) is 25.8. The van der Waals surface area contributed by atoms with Crippen LogP contribution in [0, 0.1) is 47.4 Å². The first-order chi connectivity index (χ1) is 18.8. The Labute approximate surface area is 225 Å². The molecule has 0 saturated heterocycles. The third kappa shape index (κ3) is 6.72. The van der Waals surface area contributed by atoms with E-state index < -0.39 is 0 Å².